The van der Waals surface area contributed by atoms with Crippen LogP contribution in [0.25, 0.3) is 34.2 Å². The zero-order valence-electron chi connectivity index (χ0n) is 18.9. The summed E-state index contributed by atoms with van der Waals surface area (Å²) in [5, 5.41) is 10.4. The third-order valence-electron chi connectivity index (χ3n) is 4.98. The molecule has 0 saturated carbocycles. The van der Waals surface area contributed by atoms with Gasteiger partial charge in [0.2, 0.25) is 5.88 Å². The molecule has 0 spiro atoms. The van der Waals surface area contributed by atoms with Gasteiger partial charge in [0, 0.05) is 56.0 Å². The predicted molar refractivity (Wildman–Crippen MR) is 128 cm³/mol. The van der Waals surface area contributed by atoms with Crippen LogP contribution in [0.4, 0.5) is 0 Å². The van der Waals surface area contributed by atoms with Crippen molar-refractivity contribution in [1.29, 1.82) is 0 Å². The summed E-state index contributed by atoms with van der Waals surface area (Å²) in [5.74, 6) is 2.27. The van der Waals surface area contributed by atoms with Gasteiger partial charge in [0.05, 0.1) is 11.4 Å². The van der Waals surface area contributed by atoms with Gasteiger partial charge in [-0.05, 0) is 44.2 Å². The minimum atomic E-state index is 0. The number of hydrogen-bond donors (Lipinski definition) is 1. The van der Waals surface area contributed by atoms with Crippen LogP contribution < -0.4 is 4.74 Å². The van der Waals surface area contributed by atoms with E-state index in [1.54, 1.807) is 36.5 Å². The topological polar surface area (TPSA) is 93.9 Å². The number of aryl methyl sites for hydroxylation is 2. The number of hydrogen-bond acceptors (Lipinski definition) is 7. The van der Waals surface area contributed by atoms with Crippen molar-refractivity contribution in [2.45, 2.75) is 13.8 Å². The number of aromatic nitrogens is 5. The largest absolute Gasteiger partial charge is 0.507 e. The molecule has 0 aliphatic rings. The molecule has 5 rings (SSSR count). The first-order valence-corrected chi connectivity index (χ1v) is 10.7. The minimum absolute atomic E-state index is 0. The van der Waals surface area contributed by atoms with Crippen molar-refractivity contribution in [3.8, 4) is 51.5 Å². The first-order valence-electron chi connectivity index (χ1n) is 10.7. The molecule has 35 heavy (non-hydrogen) atoms. The second kappa shape index (κ2) is 10.5. The average molecular weight is 642 g/mol. The minimum Gasteiger partial charge on any atom is -0.507 e. The van der Waals surface area contributed by atoms with E-state index in [2.05, 4.69) is 26.0 Å². The molecule has 3 aromatic heterocycles. The van der Waals surface area contributed by atoms with Gasteiger partial charge in [-0.2, -0.15) is 0 Å². The quantitative estimate of drug-likeness (QED) is 0.251. The molecule has 8 heteroatoms. The number of nitrogens with zero attached hydrogens (tertiary/aromatic N) is 5. The number of rotatable bonds is 5. The van der Waals surface area contributed by atoms with Crippen molar-refractivity contribution in [1.82, 2.24) is 24.9 Å². The van der Waals surface area contributed by atoms with Crippen molar-refractivity contribution in [2.24, 2.45) is 0 Å². The van der Waals surface area contributed by atoms with Crippen LogP contribution in [-0.4, -0.2) is 30.0 Å². The monoisotopic (exact) mass is 641 g/mol. The first kappa shape index (κ1) is 24.2. The summed E-state index contributed by atoms with van der Waals surface area (Å²) in [6, 6.07) is 24.9. The zero-order valence-corrected chi connectivity index (χ0v) is 21.2. The molecule has 1 N–H and O–H groups in total. The number of para-hydroxylation sites is 1. The fourth-order valence-corrected chi connectivity index (χ4v) is 3.53. The molecule has 0 bridgehead atoms. The van der Waals surface area contributed by atoms with Crippen LogP contribution >= 0.6 is 0 Å². The third kappa shape index (κ3) is 5.58. The summed E-state index contributed by atoms with van der Waals surface area (Å²) in [7, 11) is 0. The smallest absolute Gasteiger partial charge is 0.217 e. The van der Waals surface area contributed by atoms with Gasteiger partial charge < -0.3 is 9.84 Å². The number of aromatic hydroxyl groups is 1. The molecular formula is C27H20N5O2Pt-. The summed E-state index contributed by atoms with van der Waals surface area (Å²) >= 11 is 0. The van der Waals surface area contributed by atoms with Crippen LogP contribution in [0.5, 0.6) is 17.4 Å². The molecule has 7 nitrogen and oxygen atoms in total. The molecule has 0 aliphatic heterocycles. The molecule has 5 aromatic rings. The molecule has 0 saturated heterocycles. The molecule has 0 radical (unpaired) electrons. The maximum atomic E-state index is 10.4. The molecule has 0 atom stereocenters. The van der Waals surface area contributed by atoms with Crippen molar-refractivity contribution in [3.63, 3.8) is 0 Å². The van der Waals surface area contributed by atoms with E-state index in [0.717, 1.165) is 17.0 Å². The Labute approximate surface area is 217 Å². The number of phenolic OH excluding ortho intramolecular Hbond substituents is 1. The number of benzene rings is 2. The normalized spacial score (nSPS) is 10.5. The second-order valence-corrected chi connectivity index (χ2v) is 7.66. The molecule has 176 valence electrons. The van der Waals surface area contributed by atoms with Crippen LogP contribution in [0.2, 0.25) is 0 Å². The van der Waals surface area contributed by atoms with Gasteiger partial charge >= 0.3 is 0 Å². The van der Waals surface area contributed by atoms with Gasteiger partial charge in [-0.15, -0.1) is 23.8 Å². The molecule has 2 aromatic carbocycles. The molecule has 0 amide bonds. The fraction of sp³-hybridized carbons (Fsp3) is 0.0741. The van der Waals surface area contributed by atoms with Gasteiger partial charge in [-0.1, -0.05) is 24.3 Å². The summed E-state index contributed by atoms with van der Waals surface area (Å²) in [4.78, 5) is 22.7. The van der Waals surface area contributed by atoms with Crippen molar-refractivity contribution in [2.75, 3.05) is 0 Å². The summed E-state index contributed by atoms with van der Waals surface area (Å²) < 4.78 is 5.83. The van der Waals surface area contributed by atoms with Gasteiger partial charge in [0.15, 0.2) is 11.6 Å². The standard InChI is InChI=1S/C27H20N5O2.Pt/c1-17-14-20(15-18(2)29-17)26-30-25(31-27(32-26)22-10-3-4-11-23(22)33)19-8-7-9-21(16-19)34-24-12-5-6-13-28-24;/h3-15,33H,1-2H3;/q-1;. The van der Waals surface area contributed by atoms with Gasteiger partial charge in [-0.3, -0.25) is 15.0 Å². The van der Waals surface area contributed by atoms with E-state index in [0.29, 0.717) is 40.2 Å². The Kier molecular flexibility index (Phi) is 7.27. The maximum Gasteiger partial charge on any atom is 0.217 e. The SMILES string of the molecule is Cc1cc(-c2nc(-c3[c-]c(Oc4ccccn4)ccc3)nc(-c3ccccc3O)n2)cc(C)n1.[Pt]. The van der Waals surface area contributed by atoms with Crippen LogP contribution in [0.15, 0.2) is 79.0 Å². The van der Waals surface area contributed by atoms with Gasteiger partial charge in [0.1, 0.15) is 5.75 Å². The Hall–Kier alpha value is -3.96. The van der Waals surface area contributed by atoms with Crippen molar-refractivity contribution >= 4 is 0 Å². The third-order valence-corrected chi connectivity index (χ3v) is 4.98. The van der Waals surface area contributed by atoms with E-state index >= 15 is 0 Å². The van der Waals surface area contributed by atoms with Crippen molar-refractivity contribution < 1.29 is 30.9 Å². The fourth-order valence-electron chi connectivity index (χ4n) is 3.53. The Morgan fingerprint density at radius 2 is 1.46 bits per heavy atom. The van der Waals surface area contributed by atoms with Crippen molar-refractivity contribution in [3.05, 3.63) is 96.4 Å². The molecular weight excluding hydrogens is 621 g/mol. The van der Waals surface area contributed by atoms with Crippen LogP contribution in [-0.2, 0) is 21.1 Å². The average Bonchev–Trinajstić information content (AvgIpc) is 2.84. The first-order chi connectivity index (χ1) is 16.5. The maximum absolute atomic E-state index is 10.4. The number of phenols is 1. The number of pyridine rings is 2. The van der Waals surface area contributed by atoms with E-state index < -0.39 is 0 Å². The summed E-state index contributed by atoms with van der Waals surface area (Å²) in [5.41, 5.74) is 3.66. The van der Waals surface area contributed by atoms with E-state index in [4.69, 9.17) is 9.72 Å². The summed E-state index contributed by atoms with van der Waals surface area (Å²) in [6.07, 6.45) is 1.66. The second-order valence-electron chi connectivity index (χ2n) is 7.66. The van der Waals surface area contributed by atoms with Crippen LogP contribution in [0, 0.1) is 19.9 Å². The molecule has 0 unspecified atom stereocenters. The molecule has 0 aliphatic carbocycles. The molecule has 0 fully saturated rings. The van der Waals surface area contributed by atoms with Crippen LogP contribution in [0.1, 0.15) is 11.4 Å². The Morgan fingerprint density at radius 3 is 2.20 bits per heavy atom. The Bertz CT molecular complexity index is 1460. The van der Waals surface area contributed by atoms with Gasteiger partial charge in [0.25, 0.3) is 0 Å². The number of ether oxygens (including phenoxy) is 1. The summed E-state index contributed by atoms with van der Waals surface area (Å²) in [6.45, 7) is 3.85. The predicted octanol–water partition coefficient (Wildman–Crippen LogP) is 5.58. The van der Waals surface area contributed by atoms with E-state index in [1.807, 2.05) is 56.3 Å². The van der Waals surface area contributed by atoms with Crippen LogP contribution in [0.3, 0.4) is 0 Å². The van der Waals surface area contributed by atoms with Gasteiger partial charge in [-0.25, -0.2) is 9.97 Å². The Balaban J connectivity index is 0.00000289. The molecule has 3 heterocycles. The zero-order chi connectivity index (χ0) is 23.5. The van der Waals surface area contributed by atoms with E-state index in [9.17, 15) is 5.11 Å². The van der Waals surface area contributed by atoms with E-state index in [-0.39, 0.29) is 26.8 Å². The van der Waals surface area contributed by atoms with E-state index in [1.165, 1.54) is 0 Å². The Morgan fingerprint density at radius 1 is 0.743 bits per heavy atom.